The zero-order valence-corrected chi connectivity index (χ0v) is 21.1. The maximum atomic E-state index is 14.7. The molecule has 188 valence electrons. The maximum absolute atomic E-state index is 14.7. The number of aromatic nitrogens is 4. The summed E-state index contributed by atoms with van der Waals surface area (Å²) < 4.78 is 14.7. The summed E-state index contributed by atoms with van der Waals surface area (Å²) >= 11 is 6.26. The lowest BCUT2D eigenvalue weighted by Crippen LogP contribution is -2.18. The van der Waals surface area contributed by atoms with Crippen molar-refractivity contribution in [2.45, 2.75) is 19.3 Å². The first-order valence-corrected chi connectivity index (χ1v) is 12.0. The maximum Gasteiger partial charge on any atom is 0.255 e. The summed E-state index contributed by atoms with van der Waals surface area (Å²) in [5, 5.41) is 16.5. The molecule has 5 rings (SSSR count). The van der Waals surface area contributed by atoms with Crippen molar-refractivity contribution in [1.82, 2.24) is 19.9 Å². The lowest BCUT2D eigenvalue weighted by molar-refractivity contribution is 0.102. The molecule has 3 N–H and O–H groups in total. The van der Waals surface area contributed by atoms with E-state index in [-0.39, 0.29) is 11.3 Å². The fourth-order valence-electron chi connectivity index (χ4n) is 4.02. The minimum atomic E-state index is -0.904. The SMILES string of the molecule is CC(C)(C#N)c1cc(C(=O)Nc2cc(Nc3ncccc3-c3ncnc4[nH]ccc34)ccc2F)ccc1Cl. The van der Waals surface area contributed by atoms with Crippen molar-refractivity contribution in [1.29, 1.82) is 5.26 Å². The van der Waals surface area contributed by atoms with Gasteiger partial charge in [0.1, 0.15) is 23.6 Å². The molecule has 0 aliphatic rings. The van der Waals surface area contributed by atoms with Crippen molar-refractivity contribution in [3.8, 4) is 17.3 Å². The van der Waals surface area contributed by atoms with Gasteiger partial charge in [0, 0.05) is 39.6 Å². The third-order valence-electron chi connectivity index (χ3n) is 6.08. The van der Waals surface area contributed by atoms with Gasteiger partial charge in [-0.15, -0.1) is 0 Å². The molecule has 0 saturated carbocycles. The molecule has 0 atom stereocenters. The molecule has 10 heteroatoms. The Hall–Kier alpha value is -4.81. The van der Waals surface area contributed by atoms with Crippen LogP contribution in [0.1, 0.15) is 29.8 Å². The van der Waals surface area contributed by atoms with Gasteiger partial charge in [0.25, 0.3) is 5.91 Å². The van der Waals surface area contributed by atoms with Crippen LogP contribution in [0.2, 0.25) is 5.02 Å². The van der Waals surface area contributed by atoms with Gasteiger partial charge in [-0.3, -0.25) is 4.79 Å². The summed E-state index contributed by atoms with van der Waals surface area (Å²) in [6.45, 7) is 3.41. The van der Waals surface area contributed by atoms with E-state index < -0.39 is 17.1 Å². The quantitative estimate of drug-likeness (QED) is 0.229. The molecule has 1 amide bonds. The van der Waals surface area contributed by atoms with Gasteiger partial charge in [-0.25, -0.2) is 19.3 Å². The van der Waals surface area contributed by atoms with E-state index in [0.29, 0.717) is 33.4 Å². The molecular formula is C28H21ClFN7O. The van der Waals surface area contributed by atoms with Gasteiger partial charge in [-0.2, -0.15) is 5.26 Å². The monoisotopic (exact) mass is 525 g/mol. The Bertz CT molecular complexity index is 1720. The number of hydrogen-bond donors (Lipinski definition) is 3. The second-order valence-electron chi connectivity index (χ2n) is 9.07. The Kier molecular flexibility index (Phi) is 6.49. The molecule has 0 aliphatic carbocycles. The molecule has 8 nitrogen and oxygen atoms in total. The number of aromatic amines is 1. The standard InChI is InChI=1S/C28H21ClFN7O/c1-28(2,14-31)20-12-16(5-7-21(20)29)27(38)37-23-13-17(6-8-22(23)30)36-26-18(4-3-10-32-26)24-19-9-11-33-25(19)35-15-34-24/h3-13,15H,1-2H3,(H,32,36)(H,37,38)(H,33,34,35). The number of anilines is 3. The molecule has 38 heavy (non-hydrogen) atoms. The van der Waals surface area contributed by atoms with Crippen LogP contribution in [0.5, 0.6) is 0 Å². The topological polar surface area (TPSA) is 119 Å². The number of H-pyrrole nitrogens is 1. The number of fused-ring (bicyclic) bond motifs is 1. The van der Waals surface area contributed by atoms with Crippen LogP contribution >= 0.6 is 11.6 Å². The number of carbonyl (C=O) groups excluding carboxylic acids is 1. The molecule has 3 heterocycles. The van der Waals surface area contributed by atoms with Crippen molar-refractivity contribution >= 4 is 45.7 Å². The van der Waals surface area contributed by atoms with E-state index in [0.717, 1.165) is 10.9 Å². The number of nitrogens with zero attached hydrogens (tertiary/aromatic N) is 4. The molecule has 0 radical (unpaired) electrons. The molecule has 0 aliphatic heterocycles. The number of hydrogen-bond acceptors (Lipinski definition) is 6. The van der Waals surface area contributed by atoms with E-state index in [4.69, 9.17) is 11.6 Å². The van der Waals surface area contributed by atoms with Crippen molar-refractivity contribution in [2.24, 2.45) is 0 Å². The number of nitrogens with one attached hydrogen (secondary N) is 3. The Morgan fingerprint density at radius 3 is 2.76 bits per heavy atom. The first kappa shape index (κ1) is 24.9. The highest BCUT2D eigenvalue weighted by molar-refractivity contribution is 6.31. The predicted octanol–water partition coefficient (Wildman–Crippen LogP) is 6.61. The number of nitriles is 1. The van der Waals surface area contributed by atoms with Crippen LogP contribution in [0, 0.1) is 17.1 Å². The normalized spacial score (nSPS) is 11.2. The summed E-state index contributed by atoms with van der Waals surface area (Å²) in [6, 6.07) is 16.6. The first-order chi connectivity index (χ1) is 18.3. The fraction of sp³-hybridized carbons (Fsp3) is 0.107. The first-order valence-electron chi connectivity index (χ1n) is 11.6. The summed E-state index contributed by atoms with van der Waals surface area (Å²) in [6.07, 6.45) is 4.89. The Labute approximate surface area is 222 Å². The fourth-order valence-corrected chi connectivity index (χ4v) is 4.37. The number of carbonyl (C=O) groups is 1. The molecule has 5 aromatic rings. The highest BCUT2D eigenvalue weighted by Gasteiger charge is 2.24. The summed E-state index contributed by atoms with van der Waals surface area (Å²) in [4.78, 5) is 29.2. The average molecular weight is 526 g/mol. The highest BCUT2D eigenvalue weighted by atomic mass is 35.5. The van der Waals surface area contributed by atoms with Crippen LogP contribution in [0.3, 0.4) is 0 Å². The van der Waals surface area contributed by atoms with Crippen LogP contribution < -0.4 is 10.6 Å². The molecule has 0 bridgehead atoms. The van der Waals surface area contributed by atoms with E-state index >= 15 is 0 Å². The number of pyridine rings is 1. The number of benzene rings is 2. The van der Waals surface area contributed by atoms with Gasteiger partial charge >= 0.3 is 0 Å². The van der Waals surface area contributed by atoms with Crippen LogP contribution in [-0.2, 0) is 5.41 Å². The molecule has 0 fully saturated rings. The highest BCUT2D eigenvalue weighted by Crippen LogP contribution is 2.33. The van der Waals surface area contributed by atoms with E-state index in [1.165, 1.54) is 24.5 Å². The summed E-state index contributed by atoms with van der Waals surface area (Å²) in [7, 11) is 0. The Morgan fingerprint density at radius 1 is 1.11 bits per heavy atom. The molecule has 0 unspecified atom stereocenters. The second kappa shape index (κ2) is 9.92. The summed E-state index contributed by atoms with van der Waals surface area (Å²) in [5.41, 5.74) is 2.43. The van der Waals surface area contributed by atoms with Crippen molar-refractivity contribution in [3.63, 3.8) is 0 Å². The van der Waals surface area contributed by atoms with Gasteiger partial charge < -0.3 is 15.6 Å². The van der Waals surface area contributed by atoms with Gasteiger partial charge in [0.05, 0.1) is 22.9 Å². The lowest BCUT2D eigenvalue weighted by Gasteiger charge is -2.18. The largest absolute Gasteiger partial charge is 0.346 e. The van der Waals surface area contributed by atoms with E-state index in [9.17, 15) is 14.4 Å². The molecule has 0 spiro atoms. The van der Waals surface area contributed by atoms with Crippen molar-refractivity contribution < 1.29 is 9.18 Å². The van der Waals surface area contributed by atoms with Crippen LogP contribution in [-0.4, -0.2) is 25.8 Å². The average Bonchev–Trinajstić information content (AvgIpc) is 3.40. The molecular weight excluding hydrogens is 505 g/mol. The third-order valence-corrected chi connectivity index (χ3v) is 6.41. The number of amides is 1. The number of halogens is 2. The zero-order chi connectivity index (χ0) is 26.9. The van der Waals surface area contributed by atoms with E-state index in [2.05, 4.69) is 36.6 Å². The van der Waals surface area contributed by atoms with Crippen molar-refractivity contribution in [2.75, 3.05) is 10.6 Å². The molecule has 3 aromatic heterocycles. The lowest BCUT2D eigenvalue weighted by atomic mass is 9.85. The smallest absolute Gasteiger partial charge is 0.255 e. The van der Waals surface area contributed by atoms with E-state index in [1.807, 2.05) is 12.1 Å². The van der Waals surface area contributed by atoms with Crippen LogP contribution in [0.4, 0.5) is 21.6 Å². The van der Waals surface area contributed by atoms with Crippen molar-refractivity contribution in [3.05, 3.63) is 95.3 Å². The summed E-state index contributed by atoms with van der Waals surface area (Å²) in [5.74, 6) is -0.651. The zero-order valence-electron chi connectivity index (χ0n) is 20.4. The predicted molar refractivity (Wildman–Crippen MR) is 145 cm³/mol. The van der Waals surface area contributed by atoms with Gasteiger partial charge in [-0.05, 0) is 74.0 Å². The molecule has 0 saturated heterocycles. The van der Waals surface area contributed by atoms with Crippen LogP contribution in [0.25, 0.3) is 22.3 Å². The molecule has 2 aromatic carbocycles. The minimum Gasteiger partial charge on any atom is -0.346 e. The third kappa shape index (κ3) is 4.77. The Morgan fingerprint density at radius 2 is 1.95 bits per heavy atom. The number of rotatable bonds is 6. The van der Waals surface area contributed by atoms with E-state index in [1.54, 1.807) is 50.5 Å². The Balaban J connectivity index is 1.43. The minimum absolute atomic E-state index is 0.0245. The van der Waals surface area contributed by atoms with Gasteiger partial charge in [0.2, 0.25) is 0 Å². The second-order valence-corrected chi connectivity index (χ2v) is 9.47. The van der Waals surface area contributed by atoms with Crippen LogP contribution in [0.15, 0.2) is 73.3 Å². The van der Waals surface area contributed by atoms with Gasteiger partial charge in [0.15, 0.2) is 0 Å². The van der Waals surface area contributed by atoms with Gasteiger partial charge in [-0.1, -0.05) is 11.6 Å².